The predicted octanol–water partition coefficient (Wildman–Crippen LogP) is 2.88. The highest BCUT2D eigenvalue weighted by atomic mass is 32.2. The summed E-state index contributed by atoms with van der Waals surface area (Å²) in [5, 5.41) is 0. The third-order valence-electron chi connectivity index (χ3n) is 2.53. The number of nitrogens with two attached hydrogens (primary N) is 1. The van der Waals surface area contributed by atoms with Crippen LogP contribution in [0.4, 0.5) is 10.1 Å². The van der Waals surface area contributed by atoms with Crippen LogP contribution < -0.4 is 5.73 Å². The lowest BCUT2D eigenvalue weighted by Gasteiger charge is -2.04. The molecule has 0 fully saturated rings. The number of carbonyl (C=O) groups is 1. The Morgan fingerprint density at radius 3 is 2.80 bits per heavy atom. The van der Waals surface area contributed by atoms with Crippen molar-refractivity contribution in [1.29, 1.82) is 0 Å². The number of esters is 1. The van der Waals surface area contributed by atoms with E-state index in [9.17, 15) is 9.18 Å². The van der Waals surface area contributed by atoms with Gasteiger partial charge < -0.3 is 10.5 Å². The van der Waals surface area contributed by atoms with E-state index in [1.165, 1.54) is 37.2 Å². The summed E-state index contributed by atoms with van der Waals surface area (Å²) in [6.45, 7) is 0. The SMILES string of the molecule is COC(=O)c1ccc(CSc2cc(N)cc(F)c2)nc1. The fourth-order valence-electron chi connectivity index (χ4n) is 1.57. The van der Waals surface area contributed by atoms with E-state index in [1.807, 2.05) is 0 Å². The molecule has 0 unspecified atom stereocenters. The summed E-state index contributed by atoms with van der Waals surface area (Å²) in [4.78, 5) is 16.2. The number of rotatable bonds is 4. The van der Waals surface area contributed by atoms with Crippen molar-refractivity contribution in [3.63, 3.8) is 0 Å². The van der Waals surface area contributed by atoms with Gasteiger partial charge in [-0.3, -0.25) is 4.98 Å². The molecule has 0 amide bonds. The predicted molar refractivity (Wildman–Crippen MR) is 75.9 cm³/mol. The first-order valence-electron chi connectivity index (χ1n) is 5.80. The number of carbonyl (C=O) groups excluding carboxylic acids is 1. The molecule has 0 radical (unpaired) electrons. The van der Waals surface area contributed by atoms with Gasteiger partial charge in [0.25, 0.3) is 0 Å². The average Bonchev–Trinajstić information content (AvgIpc) is 2.44. The second kappa shape index (κ2) is 6.38. The van der Waals surface area contributed by atoms with Gasteiger partial charge in [0.2, 0.25) is 0 Å². The van der Waals surface area contributed by atoms with Crippen LogP contribution in [-0.4, -0.2) is 18.1 Å². The monoisotopic (exact) mass is 292 g/mol. The minimum absolute atomic E-state index is 0.360. The number of thioether (sulfide) groups is 1. The van der Waals surface area contributed by atoms with E-state index < -0.39 is 5.97 Å². The molecule has 1 aromatic heterocycles. The highest BCUT2D eigenvalue weighted by Crippen LogP contribution is 2.25. The summed E-state index contributed by atoms with van der Waals surface area (Å²) in [6, 6.07) is 7.78. The average molecular weight is 292 g/mol. The van der Waals surface area contributed by atoms with Crippen LogP contribution in [0.15, 0.2) is 41.4 Å². The van der Waals surface area contributed by atoms with Crippen molar-refractivity contribution in [2.45, 2.75) is 10.6 Å². The zero-order valence-corrected chi connectivity index (χ0v) is 11.6. The Labute approximate surface area is 120 Å². The van der Waals surface area contributed by atoms with Gasteiger partial charge in [0.1, 0.15) is 5.82 Å². The number of methoxy groups -OCH3 is 1. The molecule has 6 heteroatoms. The quantitative estimate of drug-likeness (QED) is 0.533. The summed E-state index contributed by atoms with van der Waals surface area (Å²) in [6.07, 6.45) is 1.46. The molecule has 0 saturated heterocycles. The van der Waals surface area contributed by atoms with Crippen LogP contribution in [-0.2, 0) is 10.5 Å². The second-order valence-electron chi connectivity index (χ2n) is 4.04. The minimum atomic E-state index is -0.422. The molecule has 1 aromatic carbocycles. The summed E-state index contributed by atoms with van der Waals surface area (Å²) in [5.41, 5.74) is 7.15. The van der Waals surface area contributed by atoms with E-state index in [0.717, 1.165) is 10.6 Å². The molecule has 0 aliphatic heterocycles. The van der Waals surface area contributed by atoms with Crippen molar-refractivity contribution in [1.82, 2.24) is 4.98 Å². The van der Waals surface area contributed by atoms with Gasteiger partial charge in [-0.2, -0.15) is 0 Å². The molecule has 0 saturated carbocycles. The number of benzene rings is 1. The summed E-state index contributed by atoms with van der Waals surface area (Å²) in [7, 11) is 1.32. The Hall–Kier alpha value is -2.08. The van der Waals surface area contributed by atoms with Gasteiger partial charge in [-0.25, -0.2) is 9.18 Å². The number of hydrogen-bond donors (Lipinski definition) is 1. The lowest BCUT2D eigenvalue weighted by atomic mass is 10.2. The molecule has 2 N–H and O–H groups in total. The van der Waals surface area contributed by atoms with Crippen LogP contribution in [0.25, 0.3) is 0 Å². The molecule has 20 heavy (non-hydrogen) atoms. The van der Waals surface area contributed by atoms with E-state index in [1.54, 1.807) is 18.2 Å². The Morgan fingerprint density at radius 2 is 2.20 bits per heavy atom. The van der Waals surface area contributed by atoms with Crippen LogP contribution in [0, 0.1) is 5.82 Å². The molecule has 2 rings (SSSR count). The van der Waals surface area contributed by atoms with Crippen LogP contribution in [0.2, 0.25) is 0 Å². The van der Waals surface area contributed by atoms with Gasteiger partial charge in [-0.1, -0.05) is 0 Å². The maximum absolute atomic E-state index is 13.2. The number of pyridine rings is 1. The highest BCUT2D eigenvalue weighted by Gasteiger charge is 2.06. The third kappa shape index (κ3) is 3.71. The minimum Gasteiger partial charge on any atom is -0.465 e. The van der Waals surface area contributed by atoms with Crippen LogP contribution in [0.1, 0.15) is 16.1 Å². The van der Waals surface area contributed by atoms with Crippen LogP contribution >= 0.6 is 11.8 Å². The molecular weight excluding hydrogens is 279 g/mol. The van der Waals surface area contributed by atoms with Gasteiger partial charge in [0.15, 0.2) is 0 Å². The smallest absolute Gasteiger partial charge is 0.339 e. The summed E-state index contributed by atoms with van der Waals surface area (Å²) >= 11 is 1.42. The largest absolute Gasteiger partial charge is 0.465 e. The van der Waals surface area contributed by atoms with Crippen molar-refractivity contribution < 1.29 is 13.9 Å². The Balaban J connectivity index is 2.02. The summed E-state index contributed by atoms with van der Waals surface area (Å²) < 4.78 is 17.8. The first-order valence-corrected chi connectivity index (χ1v) is 6.79. The number of aromatic nitrogens is 1. The third-order valence-corrected chi connectivity index (χ3v) is 3.54. The lowest BCUT2D eigenvalue weighted by Crippen LogP contribution is -2.02. The summed E-state index contributed by atoms with van der Waals surface area (Å²) in [5.74, 6) is -0.222. The Bertz CT molecular complexity index is 597. The van der Waals surface area contributed by atoms with Crippen molar-refractivity contribution in [2.24, 2.45) is 0 Å². The van der Waals surface area contributed by atoms with Crippen molar-refractivity contribution in [3.05, 3.63) is 53.6 Å². The zero-order valence-electron chi connectivity index (χ0n) is 10.8. The number of nitrogens with zero attached hydrogens (tertiary/aromatic N) is 1. The molecular formula is C14H13FN2O2S. The van der Waals surface area contributed by atoms with Gasteiger partial charge >= 0.3 is 5.97 Å². The van der Waals surface area contributed by atoms with E-state index in [-0.39, 0.29) is 5.82 Å². The van der Waals surface area contributed by atoms with Gasteiger partial charge in [0, 0.05) is 22.5 Å². The number of nitrogen functional groups attached to an aromatic ring is 1. The van der Waals surface area contributed by atoms with E-state index in [0.29, 0.717) is 17.0 Å². The first-order chi connectivity index (χ1) is 9.58. The molecule has 0 bridgehead atoms. The Morgan fingerprint density at radius 1 is 1.40 bits per heavy atom. The normalized spacial score (nSPS) is 10.3. The van der Waals surface area contributed by atoms with Crippen molar-refractivity contribution in [2.75, 3.05) is 12.8 Å². The van der Waals surface area contributed by atoms with E-state index in [2.05, 4.69) is 9.72 Å². The molecule has 104 valence electrons. The number of anilines is 1. The van der Waals surface area contributed by atoms with Crippen molar-refractivity contribution in [3.8, 4) is 0 Å². The molecule has 0 aliphatic rings. The molecule has 0 spiro atoms. The van der Waals surface area contributed by atoms with E-state index in [4.69, 9.17) is 5.73 Å². The fraction of sp³-hybridized carbons (Fsp3) is 0.143. The van der Waals surface area contributed by atoms with Gasteiger partial charge in [0.05, 0.1) is 18.4 Å². The van der Waals surface area contributed by atoms with Crippen LogP contribution in [0.5, 0.6) is 0 Å². The number of ether oxygens (including phenoxy) is 1. The second-order valence-corrected chi connectivity index (χ2v) is 5.09. The highest BCUT2D eigenvalue weighted by molar-refractivity contribution is 7.98. The van der Waals surface area contributed by atoms with Gasteiger partial charge in [-0.05, 0) is 30.3 Å². The van der Waals surface area contributed by atoms with Gasteiger partial charge in [-0.15, -0.1) is 11.8 Å². The fourth-order valence-corrected chi connectivity index (χ4v) is 2.47. The zero-order chi connectivity index (χ0) is 14.5. The first kappa shape index (κ1) is 14.3. The standard InChI is InChI=1S/C14H13FN2O2S/c1-19-14(18)9-2-3-12(17-7-9)8-20-13-5-10(15)4-11(16)6-13/h2-7H,8,16H2,1H3. The van der Waals surface area contributed by atoms with Crippen molar-refractivity contribution >= 4 is 23.4 Å². The lowest BCUT2D eigenvalue weighted by molar-refractivity contribution is 0.0600. The molecule has 0 aliphatic carbocycles. The Kier molecular flexibility index (Phi) is 4.57. The molecule has 0 atom stereocenters. The topological polar surface area (TPSA) is 65.2 Å². The van der Waals surface area contributed by atoms with E-state index >= 15 is 0 Å². The maximum atomic E-state index is 13.2. The number of halogens is 1. The molecule has 2 aromatic rings. The van der Waals surface area contributed by atoms with Crippen LogP contribution in [0.3, 0.4) is 0 Å². The molecule has 1 heterocycles. The molecule has 4 nitrogen and oxygen atoms in total. The maximum Gasteiger partial charge on any atom is 0.339 e. The number of hydrogen-bond acceptors (Lipinski definition) is 5.